The third-order valence-corrected chi connectivity index (χ3v) is 2.77. The van der Waals surface area contributed by atoms with Crippen LogP contribution in [0.5, 0.6) is 0 Å². The fourth-order valence-electron chi connectivity index (χ4n) is 1.13. The molecular weight excluding hydrogens is 226 g/mol. The molecule has 0 fully saturated rings. The first kappa shape index (κ1) is 10.7. The molecule has 0 bridgehead atoms. The summed E-state index contributed by atoms with van der Waals surface area (Å²) in [4.78, 5) is 0. The van der Waals surface area contributed by atoms with Crippen molar-refractivity contribution < 1.29 is 0 Å². The predicted octanol–water partition coefficient (Wildman–Crippen LogP) is 2.97. The lowest BCUT2D eigenvalue weighted by molar-refractivity contribution is 0.490. The molecule has 0 saturated carbocycles. The summed E-state index contributed by atoms with van der Waals surface area (Å²) < 4.78 is 1.12. The molecule has 1 aromatic rings. The van der Waals surface area contributed by atoms with Crippen molar-refractivity contribution >= 4 is 15.9 Å². The van der Waals surface area contributed by atoms with E-state index in [2.05, 4.69) is 54.0 Å². The number of halogens is 1. The maximum atomic E-state index is 5.97. The minimum atomic E-state index is 0.265. The van der Waals surface area contributed by atoms with E-state index in [1.165, 1.54) is 5.56 Å². The van der Waals surface area contributed by atoms with Crippen LogP contribution in [0.25, 0.3) is 0 Å². The fraction of sp³-hybridized carbons (Fsp3) is 0.455. The van der Waals surface area contributed by atoms with Crippen molar-refractivity contribution in [3.63, 3.8) is 0 Å². The van der Waals surface area contributed by atoms with Gasteiger partial charge in [0.05, 0.1) is 0 Å². The highest BCUT2D eigenvalue weighted by Gasteiger charge is 2.07. The van der Waals surface area contributed by atoms with E-state index in [1.807, 2.05) is 0 Å². The Labute approximate surface area is 88.5 Å². The molecule has 13 heavy (non-hydrogen) atoms. The van der Waals surface area contributed by atoms with Gasteiger partial charge >= 0.3 is 0 Å². The summed E-state index contributed by atoms with van der Waals surface area (Å²) in [6, 6.07) is 8.62. The molecule has 0 heterocycles. The van der Waals surface area contributed by atoms with E-state index in [-0.39, 0.29) is 6.04 Å². The summed E-state index contributed by atoms with van der Waals surface area (Å²) in [6.45, 7) is 4.31. The molecule has 72 valence electrons. The summed E-state index contributed by atoms with van der Waals surface area (Å²) in [5.41, 5.74) is 7.28. The van der Waals surface area contributed by atoms with Gasteiger partial charge in [-0.1, -0.05) is 41.9 Å². The fourth-order valence-corrected chi connectivity index (χ4v) is 1.39. The van der Waals surface area contributed by atoms with E-state index in [4.69, 9.17) is 5.73 Å². The van der Waals surface area contributed by atoms with Crippen LogP contribution < -0.4 is 5.73 Å². The van der Waals surface area contributed by atoms with Gasteiger partial charge in [-0.2, -0.15) is 0 Å². The Hall–Kier alpha value is -0.340. The standard InChI is InChI=1S/C11H16BrN/c1-8(2)11(13)7-9-3-5-10(12)6-4-9/h3-6,8,11H,7,13H2,1-2H3. The molecule has 1 atom stereocenters. The molecule has 0 aliphatic rings. The van der Waals surface area contributed by atoms with E-state index in [1.54, 1.807) is 0 Å². The van der Waals surface area contributed by atoms with Gasteiger partial charge in [0, 0.05) is 10.5 Å². The van der Waals surface area contributed by atoms with Gasteiger partial charge in [-0.05, 0) is 30.0 Å². The number of nitrogens with two attached hydrogens (primary N) is 1. The largest absolute Gasteiger partial charge is 0.327 e. The number of hydrogen-bond donors (Lipinski definition) is 1. The third-order valence-electron chi connectivity index (χ3n) is 2.24. The van der Waals surface area contributed by atoms with Crippen molar-refractivity contribution in [2.24, 2.45) is 11.7 Å². The normalized spacial score (nSPS) is 13.3. The van der Waals surface area contributed by atoms with Gasteiger partial charge in [0.25, 0.3) is 0 Å². The molecule has 0 aliphatic carbocycles. The van der Waals surface area contributed by atoms with Gasteiger partial charge < -0.3 is 5.73 Å². The molecule has 1 unspecified atom stereocenters. The average Bonchev–Trinajstić information content (AvgIpc) is 2.08. The van der Waals surface area contributed by atoms with Crippen LogP contribution in [0.15, 0.2) is 28.7 Å². The molecule has 0 aromatic heterocycles. The summed E-state index contributed by atoms with van der Waals surface area (Å²) in [7, 11) is 0. The quantitative estimate of drug-likeness (QED) is 0.866. The van der Waals surface area contributed by atoms with E-state index in [9.17, 15) is 0 Å². The van der Waals surface area contributed by atoms with Crippen molar-refractivity contribution in [3.05, 3.63) is 34.3 Å². The minimum Gasteiger partial charge on any atom is -0.327 e. The Bertz CT molecular complexity index is 253. The van der Waals surface area contributed by atoms with Gasteiger partial charge in [0.15, 0.2) is 0 Å². The second-order valence-electron chi connectivity index (χ2n) is 3.74. The van der Waals surface area contributed by atoms with Crippen LogP contribution in [-0.2, 0) is 6.42 Å². The molecule has 1 rings (SSSR count). The minimum absolute atomic E-state index is 0.265. The van der Waals surface area contributed by atoms with Gasteiger partial charge in [0.2, 0.25) is 0 Å². The monoisotopic (exact) mass is 241 g/mol. The summed E-state index contributed by atoms with van der Waals surface area (Å²) in [5.74, 6) is 0.545. The molecule has 0 radical (unpaired) electrons. The zero-order chi connectivity index (χ0) is 9.84. The van der Waals surface area contributed by atoms with Gasteiger partial charge in [-0.15, -0.1) is 0 Å². The zero-order valence-corrected chi connectivity index (χ0v) is 9.71. The first-order chi connectivity index (χ1) is 6.09. The van der Waals surface area contributed by atoms with E-state index in [0.717, 1.165) is 10.9 Å². The maximum Gasteiger partial charge on any atom is 0.0175 e. The van der Waals surface area contributed by atoms with E-state index in [0.29, 0.717) is 5.92 Å². The van der Waals surface area contributed by atoms with E-state index >= 15 is 0 Å². The average molecular weight is 242 g/mol. The number of hydrogen-bond acceptors (Lipinski definition) is 1. The molecule has 0 spiro atoms. The van der Waals surface area contributed by atoms with Gasteiger partial charge in [-0.3, -0.25) is 0 Å². The highest BCUT2D eigenvalue weighted by molar-refractivity contribution is 9.10. The second kappa shape index (κ2) is 4.77. The van der Waals surface area contributed by atoms with Crippen molar-refractivity contribution in [1.82, 2.24) is 0 Å². The van der Waals surface area contributed by atoms with Gasteiger partial charge in [-0.25, -0.2) is 0 Å². The van der Waals surface area contributed by atoms with Crippen LogP contribution >= 0.6 is 15.9 Å². The van der Waals surface area contributed by atoms with Crippen molar-refractivity contribution in [1.29, 1.82) is 0 Å². The van der Waals surface area contributed by atoms with Crippen molar-refractivity contribution in [2.75, 3.05) is 0 Å². The lowest BCUT2D eigenvalue weighted by Gasteiger charge is -2.15. The van der Waals surface area contributed by atoms with E-state index < -0.39 is 0 Å². The Morgan fingerprint density at radius 3 is 2.23 bits per heavy atom. The van der Waals surface area contributed by atoms with Crippen molar-refractivity contribution in [2.45, 2.75) is 26.3 Å². The smallest absolute Gasteiger partial charge is 0.0175 e. The van der Waals surface area contributed by atoms with Crippen LogP contribution in [0, 0.1) is 5.92 Å². The predicted molar refractivity (Wildman–Crippen MR) is 60.7 cm³/mol. The molecule has 0 saturated heterocycles. The Morgan fingerprint density at radius 1 is 1.23 bits per heavy atom. The molecule has 0 aliphatic heterocycles. The zero-order valence-electron chi connectivity index (χ0n) is 8.13. The van der Waals surface area contributed by atoms with Crippen molar-refractivity contribution in [3.8, 4) is 0 Å². The van der Waals surface area contributed by atoms with Crippen LogP contribution in [0.2, 0.25) is 0 Å². The third kappa shape index (κ3) is 3.49. The second-order valence-corrected chi connectivity index (χ2v) is 4.65. The summed E-state index contributed by atoms with van der Waals surface area (Å²) in [6.07, 6.45) is 0.963. The topological polar surface area (TPSA) is 26.0 Å². The SMILES string of the molecule is CC(C)C(N)Cc1ccc(Br)cc1. The molecule has 2 heteroatoms. The molecule has 0 amide bonds. The van der Waals surface area contributed by atoms with Crippen LogP contribution in [-0.4, -0.2) is 6.04 Å². The highest BCUT2D eigenvalue weighted by atomic mass is 79.9. The highest BCUT2D eigenvalue weighted by Crippen LogP contribution is 2.13. The first-order valence-electron chi connectivity index (χ1n) is 4.59. The molecule has 1 aromatic carbocycles. The summed E-state index contributed by atoms with van der Waals surface area (Å²) >= 11 is 3.41. The maximum absolute atomic E-state index is 5.97. The lowest BCUT2D eigenvalue weighted by Crippen LogP contribution is -2.28. The number of benzene rings is 1. The van der Waals surface area contributed by atoms with Crippen LogP contribution in [0.1, 0.15) is 19.4 Å². The Balaban J connectivity index is 2.59. The lowest BCUT2D eigenvalue weighted by atomic mass is 9.98. The molecular formula is C11H16BrN. The van der Waals surface area contributed by atoms with Crippen LogP contribution in [0.4, 0.5) is 0 Å². The Morgan fingerprint density at radius 2 is 1.77 bits per heavy atom. The van der Waals surface area contributed by atoms with Gasteiger partial charge in [0.1, 0.15) is 0 Å². The Kier molecular flexibility index (Phi) is 3.94. The van der Waals surface area contributed by atoms with Crippen LogP contribution in [0.3, 0.4) is 0 Å². The number of rotatable bonds is 3. The molecule has 1 nitrogen and oxygen atoms in total. The molecule has 2 N–H and O–H groups in total. The first-order valence-corrected chi connectivity index (χ1v) is 5.39. The summed E-state index contributed by atoms with van der Waals surface area (Å²) in [5, 5.41) is 0.